The minimum atomic E-state index is -1.19. The Bertz CT molecular complexity index is 426. The monoisotopic (exact) mass is 228 g/mol. The van der Waals surface area contributed by atoms with Crippen molar-refractivity contribution in [2.45, 2.75) is 18.4 Å². The number of hydrogen-bond donors (Lipinski definition) is 2. The van der Waals surface area contributed by atoms with E-state index in [0.717, 1.165) is 6.07 Å². The largest absolute Gasteiger partial charge is 0.504 e. The highest BCUT2D eigenvalue weighted by Gasteiger charge is 2.48. The van der Waals surface area contributed by atoms with Crippen LogP contribution >= 0.6 is 0 Å². The number of methoxy groups -OCH3 is 2. The molecule has 2 N–H and O–H groups in total. The van der Waals surface area contributed by atoms with E-state index in [2.05, 4.69) is 0 Å². The molecule has 0 aromatic heterocycles. The Morgan fingerprint density at radius 3 is 2.38 bits per heavy atom. The van der Waals surface area contributed by atoms with E-state index in [1.54, 1.807) is 0 Å². The molecule has 0 spiro atoms. The predicted molar refractivity (Wildman–Crippen MR) is 54.3 cm³/mol. The Balaban J connectivity index is 2.67. The summed E-state index contributed by atoms with van der Waals surface area (Å²) in [6, 6.07) is 1.03. The van der Waals surface area contributed by atoms with Gasteiger partial charge in [-0.2, -0.15) is 0 Å². The van der Waals surface area contributed by atoms with Crippen LogP contribution in [0.25, 0.3) is 0 Å². The van der Waals surface area contributed by atoms with Crippen LogP contribution in [0.5, 0.6) is 17.2 Å². The molecule has 1 aromatic rings. The van der Waals surface area contributed by atoms with Crippen LogP contribution in [0.2, 0.25) is 0 Å². The van der Waals surface area contributed by atoms with Crippen molar-refractivity contribution in [2.24, 2.45) is 0 Å². The molecule has 0 heterocycles. The van der Waals surface area contributed by atoms with Crippen molar-refractivity contribution >= 4 is 0 Å². The lowest BCUT2D eigenvalue weighted by Crippen LogP contribution is -2.09. The number of ether oxygens (including phenoxy) is 2. The van der Waals surface area contributed by atoms with Crippen LogP contribution in [0.3, 0.4) is 0 Å². The maximum absolute atomic E-state index is 13.4. The molecular formula is C11H13FO4. The molecule has 5 heteroatoms. The lowest BCUT2D eigenvalue weighted by molar-refractivity contribution is 0.141. The van der Waals surface area contributed by atoms with Gasteiger partial charge in [0.15, 0.2) is 23.1 Å². The summed E-state index contributed by atoms with van der Waals surface area (Å²) in [6.45, 7) is 0. The molecule has 4 nitrogen and oxygen atoms in total. The van der Waals surface area contributed by atoms with E-state index in [0.29, 0.717) is 12.8 Å². The number of phenolic OH excluding ortho intramolecular Hbond substituents is 1. The number of aliphatic hydroxyl groups is 1. The van der Waals surface area contributed by atoms with Crippen molar-refractivity contribution in [1.82, 2.24) is 0 Å². The summed E-state index contributed by atoms with van der Waals surface area (Å²) in [5, 5.41) is 19.6. The molecule has 0 amide bonds. The topological polar surface area (TPSA) is 58.9 Å². The molecule has 0 aliphatic heterocycles. The molecule has 0 unspecified atom stereocenters. The first kappa shape index (κ1) is 11.0. The van der Waals surface area contributed by atoms with E-state index in [1.807, 2.05) is 0 Å². The normalized spacial score (nSPS) is 17.0. The van der Waals surface area contributed by atoms with Crippen molar-refractivity contribution in [2.75, 3.05) is 14.2 Å². The van der Waals surface area contributed by atoms with Crippen LogP contribution in [0.1, 0.15) is 18.4 Å². The molecular weight excluding hydrogens is 215 g/mol. The second-order valence-corrected chi connectivity index (χ2v) is 3.85. The van der Waals surface area contributed by atoms with Crippen molar-refractivity contribution in [3.05, 3.63) is 17.4 Å². The van der Waals surface area contributed by atoms with Gasteiger partial charge in [0.05, 0.1) is 25.4 Å². The zero-order valence-electron chi connectivity index (χ0n) is 9.08. The number of benzene rings is 1. The first-order chi connectivity index (χ1) is 7.53. The van der Waals surface area contributed by atoms with Gasteiger partial charge in [-0.1, -0.05) is 0 Å². The molecule has 1 aromatic carbocycles. The number of hydrogen-bond acceptors (Lipinski definition) is 4. The average molecular weight is 228 g/mol. The van der Waals surface area contributed by atoms with Crippen molar-refractivity contribution < 1.29 is 24.1 Å². The lowest BCUT2D eigenvalue weighted by atomic mass is 10.0. The first-order valence-electron chi connectivity index (χ1n) is 4.90. The Labute approximate surface area is 92.2 Å². The molecule has 1 aliphatic carbocycles. The minimum absolute atomic E-state index is 0.0758. The Kier molecular flexibility index (Phi) is 2.42. The summed E-state index contributed by atoms with van der Waals surface area (Å²) in [5.74, 6) is -1.06. The summed E-state index contributed by atoms with van der Waals surface area (Å²) >= 11 is 0. The fourth-order valence-electron chi connectivity index (χ4n) is 1.75. The molecule has 1 aliphatic rings. The Hall–Kier alpha value is -1.49. The molecule has 0 radical (unpaired) electrons. The molecule has 0 saturated heterocycles. The molecule has 0 bridgehead atoms. The maximum Gasteiger partial charge on any atom is 0.170 e. The molecule has 2 rings (SSSR count). The number of rotatable bonds is 3. The van der Waals surface area contributed by atoms with Gasteiger partial charge in [0.25, 0.3) is 0 Å². The number of halogens is 1. The Morgan fingerprint density at radius 2 is 1.94 bits per heavy atom. The van der Waals surface area contributed by atoms with E-state index >= 15 is 0 Å². The fraction of sp³-hybridized carbons (Fsp3) is 0.455. The van der Waals surface area contributed by atoms with E-state index in [4.69, 9.17) is 9.47 Å². The summed E-state index contributed by atoms with van der Waals surface area (Å²) in [7, 11) is 2.75. The number of phenols is 1. The second-order valence-electron chi connectivity index (χ2n) is 3.85. The van der Waals surface area contributed by atoms with Crippen LogP contribution in [-0.4, -0.2) is 24.4 Å². The van der Waals surface area contributed by atoms with E-state index < -0.39 is 17.2 Å². The molecule has 1 saturated carbocycles. The van der Waals surface area contributed by atoms with Gasteiger partial charge in [0, 0.05) is 6.07 Å². The Morgan fingerprint density at radius 1 is 1.31 bits per heavy atom. The summed E-state index contributed by atoms with van der Waals surface area (Å²) < 4.78 is 23.4. The van der Waals surface area contributed by atoms with E-state index in [1.165, 1.54) is 14.2 Å². The van der Waals surface area contributed by atoms with Crippen molar-refractivity contribution in [1.29, 1.82) is 0 Å². The van der Waals surface area contributed by atoms with E-state index in [-0.39, 0.29) is 17.1 Å². The summed E-state index contributed by atoms with van der Waals surface area (Å²) in [4.78, 5) is 0. The van der Waals surface area contributed by atoms with Crippen molar-refractivity contribution in [3.8, 4) is 17.2 Å². The highest BCUT2D eigenvalue weighted by molar-refractivity contribution is 5.58. The fourth-order valence-corrected chi connectivity index (χ4v) is 1.75. The first-order valence-corrected chi connectivity index (χ1v) is 4.90. The van der Waals surface area contributed by atoms with Crippen LogP contribution in [-0.2, 0) is 5.60 Å². The van der Waals surface area contributed by atoms with E-state index in [9.17, 15) is 14.6 Å². The number of aromatic hydroxyl groups is 1. The van der Waals surface area contributed by atoms with Gasteiger partial charge in [-0.25, -0.2) is 4.39 Å². The van der Waals surface area contributed by atoms with Crippen LogP contribution in [0.15, 0.2) is 6.07 Å². The second kappa shape index (κ2) is 3.52. The van der Waals surface area contributed by atoms with Gasteiger partial charge in [-0.3, -0.25) is 0 Å². The smallest absolute Gasteiger partial charge is 0.170 e. The van der Waals surface area contributed by atoms with Gasteiger partial charge < -0.3 is 19.7 Å². The highest BCUT2D eigenvalue weighted by Crippen LogP contribution is 2.55. The predicted octanol–water partition coefficient (Wildman–Crippen LogP) is 1.53. The van der Waals surface area contributed by atoms with Gasteiger partial charge in [0.1, 0.15) is 0 Å². The third-order valence-corrected chi connectivity index (χ3v) is 2.78. The van der Waals surface area contributed by atoms with Gasteiger partial charge in [0.2, 0.25) is 0 Å². The third-order valence-electron chi connectivity index (χ3n) is 2.78. The van der Waals surface area contributed by atoms with Crippen molar-refractivity contribution in [3.63, 3.8) is 0 Å². The van der Waals surface area contributed by atoms with Gasteiger partial charge in [-0.15, -0.1) is 0 Å². The minimum Gasteiger partial charge on any atom is -0.504 e. The van der Waals surface area contributed by atoms with Crippen LogP contribution < -0.4 is 9.47 Å². The van der Waals surface area contributed by atoms with Gasteiger partial charge in [-0.05, 0) is 12.8 Å². The maximum atomic E-state index is 13.4. The summed E-state index contributed by atoms with van der Waals surface area (Å²) in [6.07, 6.45) is 0.951. The quantitative estimate of drug-likeness (QED) is 0.823. The van der Waals surface area contributed by atoms with Crippen LogP contribution in [0.4, 0.5) is 4.39 Å². The van der Waals surface area contributed by atoms with Gasteiger partial charge >= 0.3 is 0 Å². The zero-order chi connectivity index (χ0) is 11.9. The summed E-state index contributed by atoms with van der Waals surface area (Å²) in [5.41, 5.74) is -1.11. The highest BCUT2D eigenvalue weighted by atomic mass is 19.1. The lowest BCUT2D eigenvalue weighted by Gasteiger charge is -2.18. The average Bonchev–Trinajstić information content (AvgIpc) is 3.00. The zero-order valence-corrected chi connectivity index (χ0v) is 9.08. The third kappa shape index (κ3) is 1.48. The van der Waals surface area contributed by atoms with Crippen LogP contribution in [0, 0.1) is 5.82 Å². The SMILES string of the molecule is COc1cc(F)c(O)c(C2(O)CC2)c1OC. The molecule has 0 atom stereocenters. The molecule has 16 heavy (non-hydrogen) atoms. The molecule has 1 fully saturated rings. The molecule has 88 valence electrons. The standard InChI is InChI=1S/C11H13FO4/c1-15-7-5-6(12)9(13)8(10(7)16-2)11(14)3-4-11/h5,13-14H,3-4H2,1-2H3.